The Morgan fingerprint density at radius 2 is 1.91 bits per heavy atom. The molecule has 0 N–H and O–H groups in total. The number of fused-ring (bicyclic) bond motifs is 3. The van der Waals surface area contributed by atoms with Gasteiger partial charge in [-0.1, -0.05) is 0 Å². The average Bonchev–Trinajstić information content (AvgIpc) is 2.89. The molecule has 0 atom stereocenters. The lowest BCUT2D eigenvalue weighted by atomic mass is 10.2. The van der Waals surface area contributed by atoms with Gasteiger partial charge in [-0.25, -0.2) is 0 Å². The van der Waals surface area contributed by atoms with Crippen molar-refractivity contribution in [2.24, 2.45) is 0 Å². The highest BCUT2D eigenvalue weighted by atomic mass is 16.5. The topological polar surface area (TPSA) is 43.2 Å². The van der Waals surface area contributed by atoms with Crippen molar-refractivity contribution in [2.75, 3.05) is 32.8 Å². The number of ether oxygens (including phenoxy) is 1. The predicted octanol–water partition coefficient (Wildman–Crippen LogP) is 2.23. The van der Waals surface area contributed by atoms with E-state index >= 15 is 0 Å². The van der Waals surface area contributed by atoms with E-state index in [9.17, 15) is 0 Å². The minimum atomic E-state index is 0.843. The van der Waals surface area contributed by atoms with Crippen molar-refractivity contribution in [1.82, 2.24) is 19.4 Å². The summed E-state index contributed by atoms with van der Waals surface area (Å²) in [6, 6.07) is 4.21. The summed E-state index contributed by atoms with van der Waals surface area (Å²) >= 11 is 0. The van der Waals surface area contributed by atoms with Crippen LogP contribution in [0.4, 0.5) is 0 Å². The number of hydrogen-bond acceptors (Lipinski definition) is 4. The second-order valence-electron chi connectivity index (χ2n) is 5.79. The van der Waals surface area contributed by atoms with Crippen LogP contribution in [-0.4, -0.2) is 52.3 Å². The molecule has 5 heteroatoms. The molecule has 1 saturated heterocycles. The third-order valence-electron chi connectivity index (χ3n) is 4.50. The first kappa shape index (κ1) is 13.7. The Balaban J connectivity index is 1.76. The van der Waals surface area contributed by atoms with E-state index < -0.39 is 0 Å². The fraction of sp³-hybridized carbons (Fsp3) is 0.412. The molecular weight excluding hydrogens is 276 g/mol. The molecule has 114 valence electrons. The van der Waals surface area contributed by atoms with E-state index in [0.29, 0.717) is 0 Å². The SMILES string of the molecule is Cc1nccc2c3ccncc3n(CCN3CCOCC3)c12. The van der Waals surface area contributed by atoms with E-state index in [1.54, 1.807) is 0 Å². The zero-order valence-corrected chi connectivity index (χ0v) is 12.8. The van der Waals surface area contributed by atoms with Gasteiger partial charge in [-0.3, -0.25) is 14.9 Å². The molecule has 3 aromatic rings. The molecule has 4 rings (SSSR count). The lowest BCUT2D eigenvalue weighted by Crippen LogP contribution is -2.38. The highest BCUT2D eigenvalue weighted by Gasteiger charge is 2.15. The Morgan fingerprint density at radius 3 is 2.77 bits per heavy atom. The molecule has 0 aromatic carbocycles. The van der Waals surface area contributed by atoms with E-state index in [1.165, 1.54) is 21.8 Å². The van der Waals surface area contributed by atoms with Crippen molar-refractivity contribution in [1.29, 1.82) is 0 Å². The van der Waals surface area contributed by atoms with Gasteiger partial charge in [0.15, 0.2) is 0 Å². The molecule has 0 spiro atoms. The van der Waals surface area contributed by atoms with Crippen molar-refractivity contribution in [2.45, 2.75) is 13.5 Å². The fourth-order valence-corrected chi connectivity index (χ4v) is 3.36. The molecule has 1 fully saturated rings. The summed E-state index contributed by atoms with van der Waals surface area (Å²) in [5.41, 5.74) is 3.51. The van der Waals surface area contributed by atoms with Crippen LogP contribution in [-0.2, 0) is 11.3 Å². The largest absolute Gasteiger partial charge is 0.379 e. The molecule has 3 aromatic heterocycles. The van der Waals surface area contributed by atoms with Gasteiger partial charge in [-0.05, 0) is 19.1 Å². The molecule has 0 unspecified atom stereocenters. The molecule has 0 amide bonds. The Hall–Kier alpha value is -1.98. The maximum atomic E-state index is 5.43. The van der Waals surface area contributed by atoms with Crippen molar-refractivity contribution in [3.05, 3.63) is 36.4 Å². The van der Waals surface area contributed by atoms with Gasteiger partial charge in [0, 0.05) is 49.3 Å². The maximum Gasteiger partial charge on any atom is 0.0708 e. The predicted molar refractivity (Wildman–Crippen MR) is 87.0 cm³/mol. The van der Waals surface area contributed by atoms with Gasteiger partial charge in [0.1, 0.15) is 0 Å². The molecule has 0 radical (unpaired) electrons. The number of rotatable bonds is 3. The quantitative estimate of drug-likeness (QED) is 0.743. The monoisotopic (exact) mass is 296 g/mol. The van der Waals surface area contributed by atoms with E-state index in [0.717, 1.165) is 45.1 Å². The molecule has 0 aliphatic carbocycles. The second-order valence-corrected chi connectivity index (χ2v) is 5.79. The van der Waals surface area contributed by atoms with Gasteiger partial charge in [0.25, 0.3) is 0 Å². The maximum absolute atomic E-state index is 5.43. The summed E-state index contributed by atoms with van der Waals surface area (Å²) in [6.45, 7) is 7.80. The standard InChI is InChI=1S/C17H20N4O/c1-13-17-15(3-5-19-13)14-2-4-18-12-16(14)21(17)7-6-20-8-10-22-11-9-20/h2-5,12H,6-11H2,1H3. The van der Waals surface area contributed by atoms with Crippen LogP contribution in [0.25, 0.3) is 21.8 Å². The zero-order chi connectivity index (χ0) is 14.9. The Kier molecular flexibility index (Phi) is 3.52. The van der Waals surface area contributed by atoms with Gasteiger partial charge < -0.3 is 9.30 Å². The number of nitrogens with zero attached hydrogens (tertiary/aromatic N) is 4. The van der Waals surface area contributed by atoms with Gasteiger partial charge >= 0.3 is 0 Å². The lowest BCUT2D eigenvalue weighted by Gasteiger charge is -2.26. The van der Waals surface area contributed by atoms with Crippen LogP contribution in [0.1, 0.15) is 5.69 Å². The van der Waals surface area contributed by atoms with Crippen LogP contribution in [0.2, 0.25) is 0 Å². The lowest BCUT2D eigenvalue weighted by molar-refractivity contribution is 0.0366. The number of aryl methyl sites for hydroxylation is 1. The van der Waals surface area contributed by atoms with E-state index in [4.69, 9.17) is 4.74 Å². The first-order valence-electron chi connectivity index (χ1n) is 7.82. The van der Waals surface area contributed by atoms with E-state index in [2.05, 4.69) is 38.5 Å². The van der Waals surface area contributed by atoms with Gasteiger partial charge in [-0.15, -0.1) is 0 Å². The molecule has 22 heavy (non-hydrogen) atoms. The Morgan fingerprint density at radius 1 is 1.09 bits per heavy atom. The molecule has 1 aliphatic rings. The fourth-order valence-electron chi connectivity index (χ4n) is 3.36. The van der Waals surface area contributed by atoms with Crippen LogP contribution in [0.15, 0.2) is 30.7 Å². The Bertz CT molecular complexity index is 805. The van der Waals surface area contributed by atoms with Crippen molar-refractivity contribution < 1.29 is 4.74 Å². The minimum Gasteiger partial charge on any atom is -0.379 e. The van der Waals surface area contributed by atoms with Crippen molar-refractivity contribution in [3.8, 4) is 0 Å². The summed E-state index contributed by atoms with van der Waals surface area (Å²) < 4.78 is 7.80. The summed E-state index contributed by atoms with van der Waals surface area (Å²) in [5, 5.41) is 2.53. The summed E-state index contributed by atoms with van der Waals surface area (Å²) in [4.78, 5) is 11.3. The van der Waals surface area contributed by atoms with Crippen LogP contribution in [0, 0.1) is 6.92 Å². The highest BCUT2D eigenvalue weighted by molar-refractivity contribution is 6.08. The minimum absolute atomic E-state index is 0.843. The summed E-state index contributed by atoms with van der Waals surface area (Å²) in [6.07, 6.45) is 5.72. The third kappa shape index (κ3) is 2.26. The van der Waals surface area contributed by atoms with Crippen LogP contribution >= 0.6 is 0 Å². The first-order chi connectivity index (χ1) is 10.8. The number of hydrogen-bond donors (Lipinski definition) is 0. The second kappa shape index (κ2) is 5.66. The van der Waals surface area contributed by atoms with Crippen LogP contribution in [0.5, 0.6) is 0 Å². The normalized spacial score (nSPS) is 16.6. The van der Waals surface area contributed by atoms with Gasteiger partial charge in [-0.2, -0.15) is 0 Å². The van der Waals surface area contributed by atoms with E-state index in [1.807, 2.05) is 18.6 Å². The highest BCUT2D eigenvalue weighted by Crippen LogP contribution is 2.29. The number of aromatic nitrogens is 3. The van der Waals surface area contributed by atoms with Crippen molar-refractivity contribution >= 4 is 21.8 Å². The van der Waals surface area contributed by atoms with Crippen LogP contribution < -0.4 is 0 Å². The molecule has 1 aliphatic heterocycles. The third-order valence-corrected chi connectivity index (χ3v) is 4.50. The summed E-state index contributed by atoms with van der Waals surface area (Å²) in [7, 11) is 0. The molecular formula is C17H20N4O. The van der Waals surface area contributed by atoms with Crippen molar-refractivity contribution in [3.63, 3.8) is 0 Å². The van der Waals surface area contributed by atoms with E-state index in [-0.39, 0.29) is 0 Å². The molecule has 0 bridgehead atoms. The smallest absolute Gasteiger partial charge is 0.0708 e. The Labute approximate surface area is 129 Å². The number of pyridine rings is 2. The van der Waals surface area contributed by atoms with Gasteiger partial charge in [0.05, 0.1) is 36.1 Å². The molecule has 0 saturated carbocycles. The van der Waals surface area contributed by atoms with Crippen LogP contribution in [0.3, 0.4) is 0 Å². The molecule has 5 nitrogen and oxygen atoms in total. The van der Waals surface area contributed by atoms with Gasteiger partial charge in [0.2, 0.25) is 0 Å². The summed E-state index contributed by atoms with van der Waals surface area (Å²) in [5.74, 6) is 0. The molecule has 4 heterocycles. The zero-order valence-electron chi connectivity index (χ0n) is 12.8. The first-order valence-corrected chi connectivity index (χ1v) is 7.82. The number of morpholine rings is 1. The average molecular weight is 296 g/mol.